The predicted molar refractivity (Wildman–Crippen MR) is 60.4 cm³/mol. The molecule has 2 N–H and O–H groups in total. The van der Waals surface area contributed by atoms with Gasteiger partial charge < -0.3 is 14.3 Å². The van der Waals surface area contributed by atoms with E-state index in [1.54, 1.807) is 0 Å². The molecule has 2 unspecified atom stereocenters. The Bertz CT molecular complexity index is 510. The first-order valence-corrected chi connectivity index (χ1v) is 6.16. The lowest BCUT2D eigenvalue weighted by Gasteiger charge is -2.09. The number of carbonyl (C=O) groups excluding carboxylic acids is 1. The average molecular weight is 267 g/mol. The Balaban J connectivity index is 1.57. The molecule has 8 heteroatoms. The van der Waals surface area contributed by atoms with Gasteiger partial charge in [-0.05, 0) is 25.7 Å². The van der Waals surface area contributed by atoms with Gasteiger partial charge in [0.05, 0.1) is 0 Å². The fourth-order valence-corrected chi connectivity index (χ4v) is 1.98. The molecule has 1 amide bonds. The van der Waals surface area contributed by atoms with E-state index in [2.05, 4.69) is 15.5 Å². The predicted octanol–water partition coefficient (Wildman–Crippen LogP) is 0.518. The van der Waals surface area contributed by atoms with Gasteiger partial charge in [0.1, 0.15) is 6.10 Å². The van der Waals surface area contributed by atoms with Gasteiger partial charge in [0.2, 0.25) is 5.89 Å². The minimum atomic E-state index is -1.05. The Hall–Kier alpha value is -1.96. The first kappa shape index (κ1) is 12.1. The summed E-state index contributed by atoms with van der Waals surface area (Å²) in [6, 6.07) is 0.0364. The highest BCUT2D eigenvalue weighted by Gasteiger charge is 2.35. The summed E-state index contributed by atoms with van der Waals surface area (Å²) in [4.78, 5) is 22.5. The number of hydrogen-bond donors (Lipinski definition) is 2. The van der Waals surface area contributed by atoms with Crippen molar-refractivity contribution in [3.05, 3.63) is 5.89 Å². The van der Waals surface area contributed by atoms with E-state index in [1.807, 2.05) is 0 Å². The van der Waals surface area contributed by atoms with Crippen LogP contribution in [0.5, 0.6) is 0 Å². The highest BCUT2D eigenvalue weighted by molar-refractivity contribution is 5.93. The number of carbonyl (C=O) groups is 2. The topological polar surface area (TPSA) is 115 Å². The number of aliphatic carboxylic acids is 1. The molecule has 2 atom stereocenters. The van der Waals surface area contributed by atoms with E-state index in [1.165, 1.54) is 0 Å². The number of rotatable bonds is 4. The zero-order valence-corrected chi connectivity index (χ0v) is 10.0. The molecule has 0 aromatic carbocycles. The van der Waals surface area contributed by atoms with E-state index >= 15 is 0 Å². The second-order valence-corrected chi connectivity index (χ2v) is 4.74. The van der Waals surface area contributed by atoms with Gasteiger partial charge in [-0.3, -0.25) is 10.1 Å². The van der Waals surface area contributed by atoms with Crippen LogP contribution in [0.3, 0.4) is 0 Å². The molecule has 2 fully saturated rings. The molecule has 1 aromatic heterocycles. The maximum Gasteiger partial charge on any atom is 0.332 e. The molecule has 1 aliphatic carbocycles. The van der Waals surface area contributed by atoms with Gasteiger partial charge in [-0.1, -0.05) is 5.10 Å². The monoisotopic (exact) mass is 267 g/mol. The standard InChI is InChI=1S/C11H13N3O5/c15-8(6-3-4-7(18-6)10(16)17)12-11-14-13-9(19-11)5-1-2-5/h5-7H,1-4H2,(H,16,17)(H,12,14,15). The number of ether oxygens (including phenoxy) is 1. The molecule has 1 saturated heterocycles. The Kier molecular flexibility index (Phi) is 2.94. The Morgan fingerprint density at radius 3 is 2.53 bits per heavy atom. The third-order valence-electron chi connectivity index (χ3n) is 3.18. The molecule has 2 aliphatic rings. The van der Waals surface area contributed by atoms with Crippen molar-refractivity contribution in [2.75, 3.05) is 5.32 Å². The number of hydrogen-bond acceptors (Lipinski definition) is 6. The summed E-state index contributed by atoms with van der Waals surface area (Å²) in [5, 5.41) is 18.8. The van der Waals surface area contributed by atoms with Crippen LogP contribution in [0.1, 0.15) is 37.5 Å². The highest BCUT2D eigenvalue weighted by atomic mass is 16.5. The molecule has 2 heterocycles. The zero-order chi connectivity index (χ0) is 13.4. The number of nitrogens with zero attached hydrogens (tertiary/aromatic N) is 2. The lowest BCUT2D eigenvalue weighted by Crippen LogP contribution is -2.30. The van der Waals surface area contributed by atoms with Crippen molar-refractivity contribution in [2.45, 2.75) is 43.8 Å². The van der Waals surface area contributed by atoms with Crippen molar-refractivity contribution in [3.63, 3.8) is 0 Å². The maximum atomic E-state index is 11.8. The zero-order valence-electron chi connectivity index (χ0n) is 10.0. The largest absolute Gasteiger partial charge is 0.479 e. The number of anilines is 1. The molecular weight excluding hydrogens is 254 g/mol. The van der Waals surface area contributed by atoms with Gasteiger partial charge in [-0.2, -0.15) is 0 Å². The van der Waals surface area contributed by atoms with Gasteiger partial charge in [-0.25, -0.2) is 4.79 Å². The summed E-state index contributed by atoms with van der Waals surface area (Å²) < 4.78 is 10.4. The molecule has 1 saturated carbocycles. The van der Waals surface area contributed by atoms with Gasteiger partial charge in [0, 0.05) is 5.92 Å². The molecule has 0 bridgehead atoms. The van der Waals surface area contributed by atoms with Gasteiger partial charge in [-0.15, -0.1) is 5.10 Å². The Morgan fingerprint density at radius 2 is 1.89 bits per heavy atom. The maximum absolute atomic E-state index is 11.8. The lowest BCUT2D eigenvalue weighted by atomic mass is 10.2. The van der Waals surface area contributed by atoms with E-state index < -0.39 is 24.1 Å². The number of aromatic nitrogens is 2. The number of carboxylic acid groups (broad SMARTS) is 1. The lowest BCUT2D eigenvalue weighted by molar-refractivity contribution is -0.150. The van der Waals surface area contributed by atoms with Crippen LogP contribution >= 0.6 is 0 Å². The van der Waals surface area contributed by atoms with Crippen LogP contribution in [0.2, 0.25) is 0 Å². The van der Waals surface area contributed by atoms with Gasteiger partial charge in [0.25, 0.3) is 5.91 Å². The minimum absolute atomic E-state index is 0.0364. The molecule has 1 aliphatic heterocycles. The Labute approximate surface area is 108 Å². The SMILES string of the molecule is O=C(O)C1CCC(C(=O)Nc2nnc(C3CC3)o2)O1. The molecule has 0 spiro atoms. The summed E-state index contributed by atoms with van der Waals surface area (Å²) in [5.41, 5.74) is 0. The first-order chi connectivity index (χ1) is 9.13. The molecule has 8 nitrogen and oxygen atoms in total. The van der Waals surface area contributed by atoms with Crippen molar-refractivity contribution in [3.8, 4) is 0 Å². The van der Waals surface area contributed by atoms with Crippen LogP contribution in [0.15, 0.2) is 4.42 Å². The van der Waals surface area contributed by atoms with Gasteiger partial charge >= 0.3 is 12.0 Å². The Morgan fingerprint density at radius 1 is 1.16 bits per heavy atom. The molecule has 3 rings (SSSR count). The smallest absolute Gasteiger partial charge is 0.332 e. The van der Waals surface area contributed by atoms with Crippen LogP contribution in [-0.4, -0.2) is 39.4 Å². The average Bonchev–Trinajstić information content (AvgIpc) is 2.92. The van der Waals surface area contributed by atoms with E-state index in [4.69, 9.17) is 14.3 Å². The fraction of sp³-hybridized carbons (Fsp3) is 0.636. The number of amides is 1. The highest BCUT2D eigenvalue weighted by Crippen LogP contribution is 2.39. The van der Waals surface area contributed by atoms with E-state index in [0.29, 0.717) is 24.7 Å². The van der Waals surface area contributed by atoms with Crippen LogP contribution < -0.4 is 5.32 Å². The first-order valence-electron chi connectivity index (χ1n) is 6.16. The van der Waals surface area contributed by atoms with Crippen molar-refractivity contribution in [1.29, 1.82) is 0 Å². The van der Waals surface area contributed by atoms with Crippen molar-refractivity contribution < 1.29 is 23.8 Å². The summed E-state index contributed by atoms with van der Waals surface area (Å²) in [6.45, 7) is 0. The van der Waals surface area contributed by atoms with Crippen molar-refractivity contribution in [2.24, 2.45) is 0 Å². The van der Waals surface area contributed by atoms with E-state index in [-0.39, 0.29) is 6.01 Å². The molecular formula is C11H13N3O5. The second kappa shape index (κ2) is 4.61. The van der Waals surface area contributed by atoms with E-state index in [0.717, 1.165) is 12.8 Å². The molecule has 19 heavy (non-hydrogen) atoms. The normalized spacial score (nSPS) is 26.3. The van der Waals surface area contributed by atoms with Crippen LogP contribution in [0.4, 0.5) is 6.01 Å². The van der Waals surface area contributed by atoms with Gasteiger partial charge in [0.15, 0.2) is 6.10 Å². The molecule has 0 radical (unpaired) electrons. The third-order valence-corrected chi connectivity index (χ3v) is 3.18. The van der Waals surface area contributed by atoms with E-state index in [9.17, 15) is 9.59 Å². The van der Waals surface area contributed by atoms with Crippen LogP contribution in [0, 0.1) is 0 Å². The van der Waals surface area contributed by atoms with Crippen LogP contribution in [0.25, 0.3) is 0 Å². The summed E-state index contributed by atoms with van der Waals surface area (Å²) in [5.74, 6) is -0.651. The second-order valence-electron chi connectivity index (χ2n) is 4.74. The van der Waals surface area contributed by atoms with Crippen LogP contribution in [-0.2, 0) is 14.3 Å². The summed E-state index contributed by atoms with van der Waals surface area (Å²) in [6.07, 6.45) is 1.05. The third kappa shape index (κ3) is 2.58. The molecule has 102 valence electrons. The summed E-state index contributed by atoms with van der Waals surface area (Å²) in [7, 11) is 0. The summed E-state index contributed by atoms with van der Waals surface area (Å²) >= 11 is 0. The minimum Gasteiger partial charge on any atom is -0.479 e. The quantitative estimate of drug-likeness (QED) is 0.817. The molecule has 1 aromatic rings. The number of carboxylic acids is 1. The van der Waals surface area contributed by atoms with Crippen molar-refractivity contribution in [1.82, 2.24) is 10.2 Å². The van der Waals surface area contributed by atoms with Crippen molar-refractivity contribution >= 4 is 17.9 Å². The fourth-order valence-electron chi connectivity index (χ4n) is 1.98. The number of nitrogens with one attached hydrogen (secondary N) is 1.